The minimum absolute atomic E-state index is 0.262. The molecule has 2 aliphatic rings. The molecule has 0 spiro atoms. The van der Waals surface area contributed by atoms with Crippen molar-refractivity contribution >= 4 is 23.5 Å². The van der Waals surface area contributed by atoms with E-state index in [1.165, 1.54) is 32.1 Å². The highest BCUT2D eigenvalue weighted by Crippen LogP contribution is 2.31. The molecule has 0 heterocycles. The van der Waals surface area contributed by atoms with Gasteiger partial charge in [-0.25, -0.2) is 0 Å². The summed E-state index contributed by atoms with van der Waals surface area (Å²) in [5, 5.41) is 12.7. The molecule has 0 aromatic heterocycles. The maximum atomic E-state index is 12.3. The predicted molar refractivity (Wildman–Crippen MR) is 90.3 cm³/mol. The second-order valence-corrected chi connectivity index (χ2v) is 7.97. The molecule has 2 rings (SSSR count). The fourth-order valence-electron chi connectivity index (χ4n) is 3.62. The quantitative estimate of drug-likeness (QED) is 0.636. The van der Waals surface area contributed by atoms with Crippen LogP contribution in [0.1, 0.15) is 64.2 Å². The number of hydrogen-bond donors (Lipinski definition) is 2. The summed E-state index contributed by atoms with van der Waals surface area (Å²) in [6.45, 7) is 0.529. The lowest BCUT2D eigenvalue weighted by atomic mass is 9.86. The van der Waals surface area contributed by atoms with Crippen LogP contribution in [0.3, 0.4) is 0 Å². The minimum Gasteiger partial charge on any atom is -0.481 e. The number of aliphatic carboxylic acids is 1. The molecular weight excluding hydrogens is 298 g/mol. The first kappa shape index (κ1) is 17.8. The topological polar surface area (TPSA) is 66.4 Å². The van der Waals surface area contributed by atoms with Crippen molar-refractivity contribution in [2.75, 3.05) is 12.3 Å². The van der Waals surface area contributed by atoms with Crippen molar-refractivity contribution in [1.29, 1.82) is 0 Å². The van der Waals surface area contributed by atoms with Gasteiger partial charge in [0, 0.05) is 23.6 Å². The van der Waals surface area contributed by atoms with Gasteiger partial charge < -0.3 is 10.4 Å². The number of carboxylic acid groups (broad SMARTS) is 1. The Kier molecular flexibility index (Phi) is 7.73. The molecule has 2 N–H and O–H groups in total. The summed E-state index contributed by atoms with van der Waals surface area (Å²) in [6.07, 6.45) is 10.4. The van der Waals surface area contributed by atoms with E-state index in [2.05, 4.69) is 5.32 Å². The maximum absolute atomic E-state index is 12.3. The van der Waals surface area contributed by atoms with Gasteiger partial charge in [0.1, 0.15) is 5.78 Å². The minimum atomic E-state index is -0.709. The van der Waals surface area contributed by atoms with Crippen molar-refractivity contribution in [3.8, 4) is 0 Å². The van der Waals surface area contributed by atoms with E-state index in [-0.39, 0.29) is 6.42 Å². The van der Waals surface area contributed by atoms with Crippen molar-refractivity contribution in [2.24, 2.45) is 5.92 Å². The van der Waals surface area contributed by atoms with Crippen LogP contribution in [0.15, 0.2) is 0 Å². The number of carboxylic acids is 1. The number of thioether (sulfide) groups is 1. The normalized spacial score (nSPS) is 26.2. The van der Waals surface area contributed by atoms with Crippen molar-refractivity contribution in [1.82, 2.24) is 5.32 Å². The Morgan fingerprint density at radius 3 is 2.55 bits per heavy atom. The molecule has 4 nitrogen and oxygen atoms in total. The lowest BCUT2D eigenvalue weighted by Crippen LogP contribution is -2.39. The number of Topliss-reactive ketones (excluding diaryl/α,β-unsaturated/α-hetero) is 1. The second kappa shape index (κ2) is 9.56. The van der Waals surface area contributed by atoms with Gasteiger partial charge in [-0.15, -0.1) is 0 Å². The van der Waals surface area contributed by atoms with Gasteiger partial charge >= 0.3 is 5.97 Å². The Labute approximate surface area is 137 Å². The van der Waals surface area contributed by atoms with Gasteiger partial charge in [0.05, 0.1) is 6.54 Å². The van der Waals surface area contributed by atoms with Gasteiger partial charge in [0.15, 0.2) is 0 Å². The maximum Gasteiger partial charge on any atom is 0.303 e. The van der Waals surface area contributed by atoms with E-state index >= 15 is 0 Å². The molecule has 126 valence electrons. The fraction of sp³-hybridized carbons (Fsp3) is 0.882. The van der Waals surface area contributed by atoms with E-state index in [4.69, 9.17) is 5.11 Å². The second-order valence-electron chi connectivity index (χ2n) is 6.63. The van der Waals surface area contributed by atoms with Crippen LogP contribution in [0.5, 0.6) is 0 Å². The molecule has 0 aromatic rings. The monoisotopic (exact) mass is 327 g/mol. The molecule has 0 bridgehead atoms. The van der Waals surface area contributed by atoms with Crippen molar-refractivity contribution in [3.63, 3.8) is 0 Å². The third-order valence-electron chi connectivity index (χ3n) is 4.92. The fourth-order valence-corrected chi connectivity index (χ4v) is 5.03. The molecule has 2 atom stereocenters. The third kappa shape index (κ3) is 5.92. The number of carbonyl (C=O) groups excluding carboxylic acids is 1. The Morgan fingerprint density at radius 1 is 1.05 bits per heavy atom. The van der Waals surface area contributed by atoms with Crippen LogP contribution in [0, 0.1) is 5.92 Å². The summed E-state index contributed by atoms with van der Waals surface area (Å²) in [6, 6.07) is 0.433. The largest absolute Gasteiger partial charge is 0.481 e. The highest BCUT2D eigenvalue weighted by Gasteiger charge is 2.28. The molecule has 0 saturated heterocycles. The van der Waals surface area contributed by atoms with E-state index in [0.29, 0.717) is 29.5 Å². The van der Waals surface area contributed by atoms with Gasteiger partial charge in [0.25, 0.3) is 0 Å². The predicted octanol–water partition coefficient (Wildman–Crippen LogP) is 3.24. The zero-order valence-electron chi connectivity index (χ0n) is 13.4. The van der Waals surface area contributed by atoms with E-state index in [1.54, 1.807) is 0 Å². The highest BCUT2D eigenvalue weighted by atomic mass is 32.2. The lowest BCUT2D eigenvalue weighted by Gasteiger charge is -2.24. The van der Waals surface area contributed by atoms with E-state index in [9.17, 15) is 9.59 Å². The molecule has 0 amide bonds. The molecule has 5 heteroatoms. The van der Waals surface area contributed by atoms with Crippen molar-refractivity contribution in [3.05, 3.63) is 0 Å². The summed E-state index contributed by atoms with van der Waals surface area (Å²) in [5.74, 6) is 0.899. The summed E-state index contributed by atoms with van der Waals surface area (Å²) >= 11 is 1.88. The zero-order valence-corrected chi connectivity index (χ0v) is 14.2. The smallest absolute Gasteiger partial charge is 0.303 e. The Bertz CT molecular complexity index is 369. The highest BCUT2D eigenvalue weighted by molar-refractivity contribution is 7.99. The van der Waals surface area contributed by atoms with Crippen LogP contribution in [0.25, 0.3) is 0 Å². The Hall–Kier alpha value is -0.550. The Morgan fingerprint density at radius 2 is 1.82 bits per heavy atom. The van der Waals surface area contributed by atoms with Gasteiger partial charge in [-0.3, -0.25) is 9.59 Å². The van der Waals surface area contributed by atoms with Crippen LogP contribution < -0.4 is 5.32 Å². The summed E-state index contributed by atoms with van der Waals surface area (Å²) in [5.41, 5.74) is 0. The van der Waals surface area contributed by atoms with Crippen LogP contribution in [-0.4, -0.2) is 40.4 Å². The average Bonchev–Trinajstić information content (AvgIpc) is 2.97. The van der Waals surface area contributed by atoms with Gasteiger partial charge in [-0.2, -0.15) is 11.8 Å². The van der Waals surface area contributed by atoms with Crippen LogP contribution in [0.2, 0.25) is 0 Å². The standard InChI is InChI=1S/C17H29NO3S/c19-15(13-6-2-1-3-7-13)12-18-14-8-4-9-16(14)22-11-5-10-17(20)21/h13-14,16,18H,1-12H2,(H,20,21). The number of carbonyl (C=O) groups is 2. The van der Waals surface area contributed by atoms with Gasteiger partial charge in [-0.1, -0.05) is 25.7 Å². The number of rotatable bonds is 9. The summed E-state index contributed by atoms with van der Waals surface area (Å²) < 4.78 is 0. The molecule has 2 unspecified atom stereocenters. The van der Waals surface area contributed by atoms with Crippen LogP contribution in [-0.2, 0) is 9.59 Å². The van der Waals surface area contributed by atoms with E-state index in [0.717, 1.165) is 31.4 Å². The third-order valence-corrected chi connectivity index (χ3v) is 6.44. The first-order valence-corrected chi connectivity index (χ1v) is 9.81. The number of nitrogens with one attached hydrogen (secondary N) is 1. The van der Waals surface area contributed by atoms with Crippen LogP contribution >= 0.6 is 11.8 Å². The number of ketones is 1. The molecule has 0 aliphatic heterocycles. The number of hydrogen-bond acceptors (Lipinski definition) is 4. The molecule has 2 aliphatic carbocycles. The van der Waals surface area contributed by atoms with Gasteiger partial charge in [0.2, 0.25) is 0 Å². The molecule has 22 heavy (non-hydrogen) atoms. The van der Waals surface area contributed by atoms with Crippen molar-refractivity contribution in [2.45, 2.75) is 75.5 Å². The zero-order chi connectivity index (χ0) is 15.8. The molecule has 0 radical (unpaired) electrons. The van der Waals surface area contributed by atoms with E-state index < -0.39 is 5.97 Å². The molecule has 0 aromatic carbocycles. The molecular formula is C17H29NO3S. The van der Waals surface area contributed by atoms with Gasteiger partial charge in [-0.05, 0) is 37.9 Å². The first-order chi connectivity index (χ1) is 10.7. The lowest BCUT2D eigenvalue weighted by molar-refractivity contribution is -0.137. The van der Waals surface area contributed by atoms with Crippen LogP contribution in [0.4, 0.5) is 0 Å². The average molecular weight is 327 g/mol. The first-order valence-electron chi connectivity index (χ1n) is 8.76. The molecule has 2 fully saturated rings. The summed E-state index contributed by atoms with van der Waals surface area (Å²) in [7, 11) is 0. The SMILES string of the molecule is O=C(O)CCCSC1CCCC1NCC(=O)C1CCCCC1. The Balaban J connectivity index is 1.65. The molecule has 2 saturated carbocycles. The van der Waals surface area contributed by atoms with E-state index in [1.807, 2.05) is 11.8 Å². The summed E-state index contributed by atoms with van der Waals surface area (Å²) in [4.78, 5) is 22.8. The van der Waals surface area contributed by atoms with Crippen molar-refractivity contribution < 1.29 is 14.7 Å².